The van der Waals surface area contributed by atoms with Gasteiger partial charge in [0.25, 0.3) is 0 Å². The monoisotopic (exact) mass is 459 g/mol. The number of anilines is 1. The van der Waals surface area contributed by atoms with E-state index in [-0.39, 0.29) is 25.0 Å². The summed E-state index contributed by atoms with van der Waals surface area (Å²) in [5.74, 6) is 0.0445. The van der Waals surface area contributed by atoms with Gasteiger partial charge < -0.3 is 10.2 Å². The van der Waals surface area contributed by atoms with E-state index >= 15 is 0 Å². The Morgan fingerprint density at radius 2 is 1.79 bits per heavy atom. The van der Waals surface area contributed by atoms with Crippen molar-refractivity contribution in [1.29, 1.82) is 0 Å². The molecule has 0 aliphatic rings. The smallest absolute Gasteiger partial charge is 0.318 e. The van der Waals surface area contributed by atoms with Crippen LogP contribution in [0.5, 0.6) is 0 Å². The van der Waals surface area contributed by atoms with E-state index in [0.29, 0.717) is 5.95 Å². The summed E-state index contributed by atoms with van der Waals surface area (Å²) in [5, 5.41) is 5.78. The molecule has 0 spiro atoms. The molecule has 3 amide bonds. The van der Waals surface area contributed by atoms with Crippen LogP contribution in [-0.4, -0.2) is 45.0 Å². The van der Waals surface area contributed by atoms with Crippen molar-refractivity contribution in [2.75, 3.05) is 18.4 Å². The number of carbonyl (C=O) groups excluding carboxylic acids is 2. The van der Waals surface area contributed by atoms with Crippen molar-refractivity contribution in [3.8, 4) is 16.9 Å². The average molecular weight is 460 g/mol. The van der Waals surface area contributed by atoms with Crippen LogP contribution in [0, 0.1) is 13.8 Å². The van der Waals surface area contributed by atoms with Crippen molar-refractivity contribution in [2.45, 2.75) is 40.2 Å². The number of nitrogens with one attached hydrogen (secondary N) is 2. The predicted molar refractivity (Wildman–Crippen MR) is 137 cm³/mol. The zero-order valence-corrected chi connectivity index (χ0v) is 20.6. The molecule has 0 saturated carbocycles. The molecule has 1 heterocycles. The lowest BCUT2D eigenvalue weighted by atomic mass is 10.1. The second-order valence-electron chi connectivity index (χ2n) is 9.35. The van der Waals surface area contributed by atoms with Gasteiger partial charge in [0.2, 0.25) is 11.9 Å². The number of nitrogens with zero attached hydrogens (tertiary/aromatic N) is 3. The lowest BCUT2D eigenvalue weighted by Gasteiger charge is -2.27. The van der Waals surface area contributed by atoms with Gasteiger partial charge in [0.15, 0.2) is 0 Å². The van der Waals surface area contributed by atoms with Crippen LogP contribution >= 0.6 is 0 Å². The van der Waals surface area contributed by atoms with Crippen LogP contribution in [0.4, 0.5) is 10.7 Å². The van der Waals surface area contributed by atoms with Gasteiger partial charge in [-0.1, -0.05) is 42.5 Å². The number of amides is 3. The first-order valence-electron chi connectivity index (χ1n) is 11.3. The maximum atomic E-state index is 13.0. The van der Waals surface area contributed by atoms with Crippen LogP contribution in [0.1, 0.15) is 31.9 Å². The largest absolute Gasteiger partial charge is 0.333 e. The third kappa shape index (κ3) is 6.34. The number of aryl methyl sites for hydroxylation is 2. The molecule has 0 bridgehead atoms. The number of aromatic nitrogens is 2. The van der Waals surface area contributed by atoms with E-state index in [4.69, 9.17) is 4.98 Å². The van der Waals surface area contributed by atoms with Crippen molar-refractivity contribution in [3.63, 3.8) is 0 Å². The molecular weight excluding hydrogens is 426 g/mol. The first-order valence-corrected chi connectivity index (χ1v) is 11.3. The van der Waals surface area contributed by atoms with Gasteiger partial charge in [-0.2, -0.15) is 0 Å². The Labute approximate surface area is 201 Å². The minimum atomic E-state index is -0.420. The lowest BCUT2D eigenvalue weighted by Crippen LogP contribution is -2.50. The Morgan fingerprint density at radius 1 is 1.09 bits per heavy atom. The Kier molecular flexibility index (Phi) is 7.56. The molecule has 0 atom stereocenters. The molecule has 0 radical (unpaired) electrons. The zero-order chi connectivity index (χ0) is 24.9. The van der Waals surface area contributed by atoms with Crippen LogP contribution in [0.3, 0.4) is 0 Å². The Balaban J connectivity index is 1.90. The minimum absolute atomic E-state index is 0.131. The van der Waals surface area contributed by atoms with E-state index in [1.54, 1.807) is 6.08 Å². The third-order valence-electron chi connectivity index (χ3n) is 5.25. The van der Waals surface area contributed by atoms with Crippen molar-refractivity contribution >= 4 is 17.9 Å². The highest BCUT2D eigenvalue weighted by molar-refractivity contribution is 5.93. The molecular formula is C27H33N5O2. The molecule has 1 aromatic heterocycles. The molecule has 0 aliphatic carbocycles. The maximum absolute atomic E-state index is 13.0. The number of benzene rings is 2. The lowest BCUT2D eigenvalue weighted by molar-refractivity contribution is -0.116. The first-order chi connectivity index (χ1) is 16.1. The summed E-state index contributed by atoms with van der Waals surface area (Å²) >= 11 is 0. The SMILES string of the molecule is C=CCN(CC(=O)Nc1nc(-c2ccccc2)cn1-c1ccc(C)c(C)c1)C(=O)NC(C)(C)C. The molecule has 3 aromatic rings. The van der Waals surface area contributed by atoms with Gasteiger partial charge in [0.05, 0.1) is 5.69 Å². The fourth-order valence-electron chi connectivity index (χ4n) is 3.40. The quantitative estimate of drug-likeness (QED) is 0.483. The van der Waals surface area contributed by atoms with E-state index in [1.807, 2.05) is 80.9 Å². The van der Waals surface area contributed by atoms with E-state index in [9.17, 15) is 9.59 Å². The molecule has 178 valence electrons. The van der Waals surface area contributed by atoms with E-state index in [2.05, 4.69) is 30.2 Å². The van der Waals surface area contributed by atoms with Gasteiger partial charge in [-0.25, -0.2) is 9.78 Å². The molecule has 7 heteroatoms. The Morgan fingerprint density at radius 3 is 2.41 bits per heavy atom. The molecule has 34 heavy (non-hydrogen) atoms. The molecule has 0 aliphatic heterocycles. The molecule has 0 saturated heterocycles. The van der Waals surface area contributed by atoms with E-state index in [1.165, 1.54) is 10.5 Å². The van der Waals surface area contributed by atoms with Crippen LogP contribution < -0.4 is 10.6 Å². The van der Waals surface area contributed by atoms with Crippen molar-refractivity contribution < 1.29 is 9.59 Å². The van der Waals surface area contributed by atoms with Crippen LogP contribution in [0.25, 0.3) is 16.9 Å². The van der Waals surface area contributed by atoms with E-state index < -0.39 is 5.54 Å². The van der Waals surface area contributed by atoms with Gasteiger partial charge in [0, 0.05) is 29.5 Å². The number of hydrogen-bond donors (Lipinski definition) is 2. The number of rotatable bonds is 7. The Bertz CT molecular complexity index is 1180. The van der Waals surface area contributed by atoms with Crippen molar-refractivity contribution in [3.05, 3.63) is 78.5 Å². The molecule has 0 unspecified atom stereocenters. The van der Waals surface area contributed by atoms with Gasteiger partial charge in [-0.05, 0) is 57.9 Å². The topological polar surface area (TPSA) is 79.3 Å². The summed E-state index contributed by atoms with van der Waals surface area (Å²) < 4.78 is 1.86. The summed E-state index contributed by atoms with van der Waals surface area (Å²) in [4.78, 5) is 31.8. The summed E-state index contributed by atoms with van der Waals surface area (Å²) in [6, 6.07) is 15.6. The number of urea groups is 1. The van der Waals surface area contributed by atoms with E-state index in [0.717, 1.165) is 22.5 Å². The molecule has 7 nitrogen and oxygen atoms in total. The van der Waals surface area contributed by atoms with Gasteiger partial charge in [-0.3, -0.25) is 14.7 Å². The average Bonchev–Trinajstić information content (AvgIpc) is 3.18. The summed E-state index contributed by atoms with van der Waals surface area (Å²) in [6.07, 6.45) is 3.50. The summed E-state index contributed by atoms with van der Waals surface area (Å²) in [5.41, 5.74) is 4.47. The number of carbonyl (C=O) groups is 2. The maximum Gasteiger partial charge on any atom is 0.318 e. The minimum Gasteiger partial charge on any atom is -0.333 e. The zero-order valence-electron chi connectivity index (χ0n) is 20.6. The van der Waals surface area contributed by atoms with Crippen LogP contribution in [0.2, 0.25) is 0 Å². The summed E-state index contributed by atoms with van der Waals surface area (Å²) in [6.45, 7) is 13.6. The van der Waals surface area contributed by atoms with Crippen molar-refractivity contribution in [2.24, 2.45) is 0 Å². The highest BCUT2D eigenvalue weighted by atomic mass is 16.2. The van der Waals surface area contributed by atoms with Crippen LogP contribution in [0.15, 0.2) is 67.4 Å². The number of hydrogen-bond acceptors (Lipinski definition) is 3. The van der Waals surface area contributed by atoms with Gasteiger partial charge >= 0.3 is 6.03 Å². The molecule has 2 N–H and O–H groups in total. The third-order valence-corrected chi connectivity index (χ3v) is 5.25. The van der Waals surface area contributed by atoms with Gasteiger partial charge in [-0.15, -0.1) is 6.58 Å². The summed E-state index contributed by atoms with van der Waals surface area (Å²) in [7, 11) is 0. The first kappa shape index (κ1) is 24.8. The second-order valence-corrected chi connectivity index (χ2v) is 9.35. The predicted octanol–water partition coefficient (Wildman–Crippen LogP) is 5.09. The molecule has 2 aromatic carbocycles. The molecule has 0 fully saturated rings. The number of imidazole rings is 1. The standard InChI is InChI=1S/C27H33N5O2/c1-7-15-31(26(34)30-27(4,5)6)18-24(33)29-25-28-23(21-11-9-8-10-12-21)17-32(25)22-14-13-19(2)20(3)16-22/h7-14,16-17H,1,15,18H2,2-6H3,(H,30,34)(H,28,29,33). The van der Waals surface area contributed by atoms with Gasteiger partial charge in [0.1, 0.15) is 6.54 Å². The highest BCUT2D eigenvalue weighted by Crippen LogP contribution is 2.25. The fraction of sp³-hybridized carbons (Fsp3) is 0.296. The van der Waals surface area contributed by atoms with Crippen LogP contribution in [-0.2, 0) is 4.79 Å². The highest BCUT2D eigenvalue weighted by Gasteiger charge is 2.22. The Hall–Kier alpha value is -3.87. The normalized spacial score (nSPS) is 11.1. The fourth-order valence-corrected chi connectivity index (χ4v) is 3.40. The second kappa shape index (κ2) is 10.4. The molecule has 3 rings (SSSR count). The van der Waals surface area contributed by atoms with Crippen molar-refractivity contribution in [1.82, 2.24) is 19.8 Å².